The zero-order chi connectivity index (χ0) is 14.5. The fourth-order valence-corrected chi connectivity index (χ4v) is 3.24. The third-order valence-corrected chi connectivity index (χ3v) is 4.47. The first kappa shape index (κ1) is 13.7. The average Bonchev–Trinajstić information content (AvgIpc) is 2.96. The fourth-order valence-electron chi connectivity index (χ4n) is 1.63. The predicted octanol–water partition coefficient (Wildman–Crippen LogP) is 2.88. The smallest absolute Gasteiger partial charge is 0.222 e. The molecule has 0 aliphatic rings. The quantitative estimate of drug-likeness (QED) is 0.424. The second kappa shape index (κ2) is 6.43. The Labute approximate surface area is 128 Å². The standard InChI is InChI=1S/C15H11N3OS2/c19-13(11-7-3-1-4-8-11)17-15-18-14(20-21-15)16-12-9-5-2-6-10-12/h1-10H,(H,16,17,18,19)/p-1. The van der Waals surface area contributed by atoms with Gasteiger partial charge in [-0.15, -0.1) is 0 Å². The van der Waals surface area contributed by atoms with Gasteiger partial charge in [-0.2, -0.15) is 4.98 Å². The SMILES string of the molecule is [O-]C(=Nc1nc(=Nc2ccccc2)ss1)c1ccccc1. The predicted molar refractivity (Wildman–Crippen MR) is 84.3 cm³/mol. The van der Waals surface area contributed by atoms with Crippen LogP contribution in [0.25, 0.3) is 0 Å². The van der Waals surface area contributed by atoms with E-state index in [1.54, 1.807) is 12.1 Å². The van der Waals surface area contributed by atoms with E-state index in [2.05, 4.69) is 15.0 Å². The summed E-state index contributed by atoms with van der Waals surface area (Å²) in [5.41, 5.74) is 1.39. The third kappa shape index (κ3) is 3.62. The van der Waals surface area contributed by atoms with Crippen molar-refractivity contribution in [2.45, 2.75) is 0 Å². The van der Waals surface area contributed by atoms with E-state index < -0.39 is 0 Å². The maximum atomic E-state index is 12.0. The van der Waals surface area contributed by atoms with Crippen LogP contribution in [0.5, 0.6) is 0 Å². The van der Waals surface area contributed by atoms with Crippen LogP contribution in [-0.4, -0.2) is 10.9 Å². The lowest BCUT2D eigenvalue weighted by atomic mass is 10.2. The molecule has 1 heterocycles. The highest BCUT2D eigenvalue weighted by atomic mass is 32.9. The first-order valence-electron chi connectivity index (χ1n) is 6.19. The van der Waals surface area contributed by atoms with Gasteiger partial charge in [-0.3, -0.25) is 0 Å². The molecule has 0 spiro atoms. The Morgan fingerprint density at radius 2 is 1.57 bits per heavy atom. The zero-order valence-electron chi connectivity index (χ0n) is 10.8. The molecule has 104 valence electrons. The second-order valence-corrected chi connectivity index (χ2v) is 6.14. The van der Waals surface area contributed by atoms with E-state index in [4.69, 9.17) is 0 Å². The number of hydrogen-bond acceptors (Lipinski definition) is 6. The molecule has 6 heteroatoms. The van der Waals surface area contributed by atoms with Gasteiger partial charge in [0.1, 0.15) is 0 Å². The van der Waals surface area contributed by atoms with Crippen molar-refractivity contribution in [1.29, 1.82) is 0 Å². The highest BCUT2D eigenvalue weighted by Crippen LogP contribution is 2.18. The van der Waals surface area contributed by atoms with E-state index in [0.717, 1.165) is 5.69 Å². The third-order valence-electron chi connectivity index (χ3n) is 2.58. The van der Waals surface area contributed by atoms with Gasteiger partial charge in [-0.25, -0.2) is 9.98 Å². The summed E-state index contributed by atoms with van der Waals surface area (Å²) in [5, 5.41) is 12.4. The van der Waals surface area contributed by atoms with Gasteiger partial charge < -0.3 is 5.11 Å². The summed E-state index contributed by atoms with van der Waals surface area (Å²) in [7, 11) is 2.74. The highest BCUT2D eigenvalue weighted by molar-refractivity contribution is 7.69. The van der Waals surface area contributed by atoms with Crippen LogP contribution >= 0.6 is 20.7 Å². The largest absolute Gasteiger partial charge is 0.858 e. The number of aliphatic imine (C=N–C) groups is 1. The molecular formula is C15H10N3OS2-. The van der Waals surface area contributed by atoms with Crippen molar-refractivity contribution < 1.29 is 5.11 Å². The van der Waals surface area contributed by atoms with Crippen LogP contribution in [-0.2, 0) is 0 Å². The number of aromatic nitrogens is 1. The van der Waals surface area contributed by atoms with Crippen molar-refractivity contribution in [2.75, 3.05) is 0 Å². The van der Waals surface area contributed by atoms with Crippen LogP contribution in [0.1, 0.15) is 5.56 Å². The summed E-state index contributed by atoms with van der Waals surface area (Å²) in [4.78, 5) is 13.3. The Balaban J connectivity index is 1.87. The molecule has 4 nitrogen and oxygen atoms in total. The highest BCUT2D eigenvalue weighted by Gasteiger charge is 1.98. The summed E-state index contributed by atoms with van der Waals surface area (Å²) < 4.78 is 0. The molecule has 0 saturated carbocycles. The van der Waals surface area contributed by atoms with Gasteiger partial charge in [0.15, 0.2) is 0 Å². The van der Waals surface area contributed by atoms with Crippen LogP contribution < -0.4 is 9.91 Å². The normalized spacial score (nSPS) is 12.6. The summed E-state index contributed by atoms with van der Waals surface area (Å²) in [6.45, 7) is 0. The Morgan fingerprint density at radius 3 is 2.29 bits per heavy atom. The molecule has 0 bridgehead atoms. The number of hydrogen-bond donors (Lipinski definition) is 0. The molecule has 0 aliphatic heterocycles. The first-order valence-corrected chi connectivity index (χ1v) is 8.34. The van der Waals surface area contributed by atoms with Gasteiger partial charge in [0.05, 0.1) is 5.69 Å². The van der Waals surface area contributed by atoms with E-state index in [0.29, 0.717) is 15.5 Å². The van der Waals surface area contributed by atoms with Crippen molar-refractivity contribution in [2.24, 2.45) is 9.98 Å². The average molecular weight is 312 g/mol. The summed E-state index contributed by atoms with van der Waals surface area (Å²) >= 11 is 0. The Bertz CT molecular complexity index is 807. The molecule has 0 amide bonds. The van der Waals surface area contributed by atoms with Crippen LogP contribution in [0.15, 0.2) is 70.6 Å². The molecule has 0 atom stereocenters. The lowest BCUT2D eigenvalue weighted by molar-refractivity contribution is -0.212. The molecule has 0 fully saturated rings. The van der Waals surface area contributed by atoms with E-state index in [-0.39, 0.29) is 5.90 Å². The number of rotatable bonds is 3. The second-order valence-electron chi connectivity index (χ2n) is 4.07. The van der Waals surface area contributed by atoms with Crippen LogP contribution in [0.3, 0.4) is 0 Å². The molecular weight excluding hydrogens is 302 g/mol. The molecule has 0 aliphatic carbocycles. The molecule has 0 saturated heterocycles. The van der Waals surface area contributed by atoms with Gasteiger partial charge in [0, 0.05) is 0 Å². The molecule has 3 rings (SSSR count). The van der Waals surface area contributed by atoms with Crippen molar-refractivity contribution in [3.63, 3.8) is 0 Å². The minimum absolute atomic E-state index is 0.289. The summed E-state index contributed by atoms with van der Waals surface area (Å²) in [6, 6.07) is 18.5. The lowest BCUT2D eigenvalue weighted by Gasteiger charge is -2.08. The van der Waals surface area contributed by atoms with Crippen molar-refractivity contribution in [1.82, 2.24) is 4.98 Å². The number of nitrogens with zero attached hydrogens (tertiary/aromatic N) is 3. The van der Waals surface area contributed by atoms with E-state index >= 15 is 0 Å². The molecule has 3 aromatic rings. The van der Waals surface area contributed by atoms with Gasteiger partial charge in [0.25, 0.3) is 0 Å². The number of benzene rings is 2. The van der Waals surface area contributed by atoms with Crippen molar-refractivity contribution in [3.8, 4) is 0 Å². The molecule has 2 aromatic carbocycles. The molecule has 0 unspecified atom stereocenters. The van der Waals surface area contributed by atoms with Gasteiger partial charge in [-0.1, -0.05) is 48.5 Å². The fraction of sp³-hybridized carbons (Fsp3) is 0. The Hall–Kier alpha value is -2.31. The van der Waals surface area contributed by atoms with Gasteiger partial charge in [-0.05, 0) is 44.3 Å². The minimum atomic E-state index is -0.289. The van der Waals surface area contributed by atoms with Crippen molar-refractivity contribution >= 4 is 37.4 Å². The molecule has 0 radical (unpaired) electrons. The maximum Gasteiger partial charge on any atom is 0.222 e. The summed E-state index contributed by atoms with van der Waals surface area (Å²) in [5.74, 6) is -0.289. The Morgan fingerprint density at radius 1 is 0.905 bits per heavy atom. The number of para-hydroxylation sites is 1. The molecule has 1 aromatic heterocycles. The van der Waals surface area contributed by atoms with E-state index in [1.807, 2.05) is 48.5 Å². The van der Waals surface area contributed by atoms with E-state index in [1.165, 1.54) is 20.7 Å². The van der Waals surface area contributed by atoms with Crippen LogP contribution in [0.4, 0.5) is 10.8 Å². The maximum absolute atomic E-state index is 12.0. The summed E-state index contributed by atoms with van der Waals surface area (Å²) in [6.07, 6.45) is 0. The van der Waals surface area contributed by atoms with Crippen molar-refractivity contribution in [3.05, 3.63) is 71.0 Å². The lowest BCUT2D eigenvalue weighted by Crippen LogP contribution is -2.18. The monoisotopic (exact) mass is 312 g/mol. The van der Waals surface area contributed by atoms with Crippen LogP contribution in [0.2, 0.25) is 0 Å². The Kier molecular flexibility index (Phi) is 4.18. The van der Waals surface area contributed by atoms with Gasteiger partial charge in [0.2, 0.25) is 9.93 Å². The first-order chi connectivity index (χ1) is 10.3. The molecule has 0 N–H and O–H groups in total. The topological polar surface area (TPSA) is 60.7 Å². The molecule has 21 heavy (non-hydrogen) atoms. The van der Waals surface area contributed by atoms with E-state index in [9.17, 15) is 5.11 Å². The zero-order valence-corrected chi connectivity index (χ0v) is 12.5. The van der Waals surface area contributed by atoms with Crippen LogP contribution in [0, 0.1) is 0 Å². The van der Waals surface area contributed by atoms with Gasteiger partial charge >= 0.3 is 0 Å². The minimum Gasteiger partial charge on any atom is -0.858 e.